The molecule has 3 aromatic rings. The summed E-state index contributed by atoms with van der Waals surface area (Å²) < 4.78 is 0. The predicted molar refractivity (Wildman–Crippen MR) is 105 cm³/mol. The molecule has 26 heavy (non-hydrogen) atoms. The van der Waals surface area contributed by atoms with Crippen LogP contribution in [0.25, 0.3) is 10.9 Å². The second-order valence-corrected chi connectivity index (χ2v) is 7.32. The van der Waals surface area contributed by atoms with Gasteiger partial charge in [0, 0.05) is 38.1 Å². The number of nitrogens with one attached hydrogen (secondary N) is 1. The summed E-state index contributed by atoms with van der Waals surface area (Å²) in [5.41, 5.74) is 4.07. The lowest BCUT2D eigenvalue weighted by molar-refractivity contribution is 0.0339. The molecule has 0 bridgehead atoms. The Morgan fingerprint density at radius 2 is 1.73 bits per heavy atom. The molecule has 1 fully saturated rings. The van der Waals surface area contributed by atoms with Crippen LogP contribution < -0.4 is 4.90 Å². The van der Waals surface area contributed by atoms with Gasteiger partial charge >= 0.3 is 0 Å². The van der Waals surface area contributed by atoms with E-state index in [-0.39, 0.29) is 0 Å². The fourth-order valence-electron chi connectivity index (χ4n) is 4.47. The Hall–Kier alpha value is -2.37. The lowest BCUT2D eigenvalue weighted by Crippen LogP contribution is -2.59. The van der Waals surface area contributed by atoms with E-state index in [1.54, 1.807) is 0 Å². The Morgan fingerprint density at radius 1 is 1.00 bits per heavy atom. The van der Waals surface area contributed by atoms with Gasteiger partial charge in [0.2, 0.25) is 0 Å². The number of piperazine rings is 1. The average molecular weight is 347 g/mol. The van der Waals surface area contributed by atoms with E-state index >= 15 is 0 Å². The van der Waals surface area contributed by atoms with Crippen molar-refractivity contribution in [1.29, 1.82) is 0 Å². The molecule has 1 saturated heterocycles. The summed E-state index contributed by atoms with van der Waals surface area (Å²) >= 11 is 0. The Bertz CT molecular complexity index is 892. The van der Waals surface area contributed by atoms with Gasteiger partial charge in [-0.15, -0.1) is 0 Å². The number of hydrogen-bond acceptors (Lipinski definition) is 4. The van der Waals surface area contributed by atoms with Gasteiger partial charge in [-0.2, -0.15) is 5.10 Å². The number of likely N-dealkylation sites (N-methyl/N-ethyl adjacent to an activating group) is 1. The third-order valence-corrected chi connectivity index (χ3v) is 5.91. The number of benzene rings is 2. The van der Waals surface area contributed by atoms with E-state index in [2.05, 4.69) is 80.4 Å². The molecule has 0 radical (unpaired) electrons. The zero-order chi connectivity index (χ0) is 17.5. The number of fused-ring (bicyclic) bond motifs is 2. The molecule has 1 aromatic heterocycles. The Morgan fingerprint density at radius 3 is 2.50 bits per heavy atom. The number of aromatic nitrogens is 2. The smallest absolute Gasteiger partial charge is 0.158 e. The maximum Gasteiger partial charge on any atom is 0.158 e. The van der Waals surface area contributed by atoms with Gasteiger partial charge < -0.3 is 4.90 Å². The fourth-order valence-corrected chi connectivity index (χ4v) is 4.47. The van der Waals surface area contributed by atoms with Crippen LogP contribution in [0.15, 0.2) is 48.5 Å². The molecule has 1 N–H and O–H groups in total. The Labute approximate surface area is 154 Å². The summed E-state index contributed by atoms with van der Waals surface area (Å²) in [6.45, 7) is 8.56. The van der Waals surface area contributed by atoms with Gasteiger partial charge in [0.05, 0.1) is 11.7 Å². The van der Waals surface area contributed by atoms with Crippen molar-refractivity contribution in [3.63, 3.8) is 0 Å². The van der Waals surface area contributed by atoms with Crippen molar-refractivity contribution in [2.75, 3.05) is 31.1 Å². The third kappa shape index (κ3) is 2.59. The van der Waals surface area contributed by atoms with Crippen molar-refractivity contribution in [1.82, 2.24) is 20.0 Å². The molecular formula is C21H25N5. The van der Waals surface area contributed by atoms with Gasteiger partial charge in [0.15, 0.2) is 5.82 Å². The first kappa shape index (κ1) is 15.9. The molecule has 5 nitrogen and oxygen atoms in total. The van der Waals surface area contributed by atoms with Crippen molar-refractivity contribution in [2.45, 2.75) is 26.2 Å². The number of rotatable bonds is 3. The van der Waals surface area contributed by atoms with Gasteiger partial charge in [0.25, 0.3) is 0 Å². The summed E-state index contributed by atoms with van der Waals surface area (Å²) in [7, 11) is 0. The summed E-state index contributed by atoms with van der Waals surface area (Å²) in [4.78, 5) is 7.69. The van der Waals surface area contributed by atoms with Crippen LogP contribution in [0.5, 0.6) is 0 Å². The van der Waals surface area contributed by atoms with Crippen molar-refractivity contribution in [2.24, 2.45) is 0 Å². The van der Waals surface area contributed by atoms with E-state index in [4.69, 9.17) is 0 Å². The molecule has 0 spiro atoms. The van der Waals surface area contributed by atoms with Crippen LogP contribution in [0.4, 0.5) is 5.82 Å². The molecule has 1 unspecified atom stereocenters. The fraction of sp³-hybridized carbons (Fsp3) is 0.381. The van der Waals surface area contributed by atoms with E-state index < -0.39 is 0 Å². The van der Waals surface area contributed by atoms with Gasteiger partial charge in [-0.1, -0.05) is 43.3 Å². The molecular weight excluding hydrogens is 322 g/mol. The van der Waals surface area contributed by atoms with Crippen molar-refractivity contribution >= 4 is 16.7 Å². The van der Waals surface area contributed by atoms with E-state index in [1.807, 2.05) is 0 Å². The van der Waals surface area contributed by atoms with Crippen LogP contribution in [-0.4, -0.2) is 52.3 Å². The van der Waals surface area contributed by atoms with Crippen LogP contribution in [0.2, 0.25) is 0 Å². The van der Waals surface area contributed by atoms with Gasteiger partial charge in [-0.25, -0.2) is 0 Å². The first-order valence-corrected chi connectivity index (χ1v) is 9.56. The van der Waals surface area contributed by atoms with Crippen LogP contribution in [-0.2, 0) is 13.1 Å². The topological polar surface area (TPSA) is 38.4 Å². The number of para-hydroxylation sites is 1. The highest BCUT2D eigenvalue weighted by atomic mass is 15.4. The molecule has 2 aliphatic heterocycles. The number of aromatic amines is 1. The maximum absolute atomic E-state index is 4.63. The summed E-state index contributed by atoms with van der Waals surface area (Å²) in [5.74, 6) is 1.10. The standard InChI is InChI=1S/C21H25N5/c1-2-24-11-12-25(21-18-9-5-6-10-19(18)22-23-21)15-20(24)26-13-16-7-3-4-8-17(16)14-26/h3-10,20H,2,11-15H2,1H3,(H,22,23). The summed E-state index contributed by atoms with van der Waals surface area (Å²) in [6, 6.07) is 17.3. The molecule has 3 heterocycles. The lowest BCUT2D eigenvalue weighted by Gasteiger charge is -2.45. The Balaban J connectivity index is 1.42. The van der Waals surface area contributed by atoms with Crippen molar-refractivity contribution in [3.8, 4) is 0 Å². The molecule has 1 atom stereocenters. The first-order valence-electron chi connectivity index (χ1n) is 9.56. The molecule has 134 valence electrons. The van der Waals surface area contributed by atoms with Crippen molar-refractivity contribution < 1.29 is 0 Å². The van der Waals surface area contributed by atoms with Gasteiger partial charge in [-0.3, -0.25) is 14.9 Å². The zero-order valence-corrected chi connectivity index (χ0v) is 15.2. The average Bonchev–Trinajstić information content (AvgIpc) is 3.31. The first-order chi connectivity index (χ1) is 12.8. The number of hydrogen-bond donors (Lipinski definition) is 1. The molecule has 2 aromatic carbocycles. The number of nitrogens with zero attached hydrogens (tertiary/aromatic N) is 4. The predicted octanol–water partition coefficient (Wildman–Crippen LogP) is 3.05. The highest BCUT2D eigenvalue weighted by molar-refractivity contribution is 5.90. The van der Waals surface area contributed by atoms with Crippen LogP contribution in [0.3, 0.4) is 0 Å². The minimum absolute atomic E-state index is 0.427. The monoisotopic (exact) mass is 347 g/mol. The van der Waals surface area contributed by atoms with Crippen molar-refractivity contribution in [3.05, 3.63) is 59.7 Å². The zero-order valence-electron chi connectivity index (χ0n) is 15.2. The molecule has 0 aliphatic carbocycles. The second-order valence-electron chi connectivity index (χ2n) is 7.32. The lowest BCUT2D eigenvalue weighted by atomic mass is 10.1. The molecule has 5 heteroatoms. The van der Waals surface area contributed by atoms with Gasteiger partial charge in [-0.05, 0) is 29.8 Å². The molecule has 0 amide bonds. The highest BCUT2D eigenvalue weighted by Gasteiger charge is 2.34. The minimum atomic E-state index is 0.427. The quantitative estimate of drug-likeness (QED) is 0.790. The van der Waals surface area contributed by atoms with Crippen LogP contribution in [0.1, 0.15) is 18.1 Å². The Kier molecular flexibility index (Phi) is 3.91. The van der Waals surface area contributed by atoms with E-state index in [0.29, 0.717) is 6.17 Å². The number of H-pyrrole nitrogens is 1. The van der Waals surface area contributed by atoms with Gasteiger partial charge in [0.1, 0.15) is 0 Å². The molecule has 0 saturated carbocycles. The van der Waals surface area contributed by atoms with E-state index in [9.17, 15) is 0 Å². The maximum atomic E-state index is 4.63. The largest absolute Gasteiger partial charge is 0.350 e. The highest BCUT2D eigenvalue weighted by Crippen LogP contribution is 2.30. The molecule has 5 rings (SSSR count). The normalized spacial score (nSPS) is 21.4. The second kappa shape index (κ2) is 6.41. The van der Waals surface area contributed by atoms with E-state index in [0.717, 1.165) is 50.6 Å². The molecule has 2 aliphatic rings. The van der Waals surface area contributed by atoms with Crippen LogP contribution in [0, 0.1) is 0 Å². The summed E-state index contributed by atoms with van der Waals surface area (Å²) in [5, 5.41) is 9.05. The minimum Gasteiger partial charge on any atom is -0.350 e. The third-order valence-electron chi connectivity index (χ3n) is 5.91. The summed E-state index contributed by atoms with van der Waals surface area (Å²) in [6.07, 6.45) is 0.427. The van der Waals surface area contributed by atoms with Crippen LogP contribution >= 0.6 is 0 Å². The number of anilines is 1. The van der Waals surface area contributed by atoms with E-state index in [1.165, 1.54) is 16.5 Å². The SMILES string of the molecule is CCN1CCN(c2n[nH]c3ccccc23)CC1N1Cc2ccccc2C1.